The van der Waals surface area contributed by atoms with E-state index >= 15 is 0 Å². The summed E-state index contributed by atoms with van der Waals surface area (Å²) in [4.78, 5) is 91.4. The fourth-order valence-corrected chi connectivity index (χ4v) is 6.73. The van der Waals surface area contributed by atoms with Gasteiger partial charge in [-0.15, -0.1) is 0 Å². The number of Topliss-reactive ketones (excluding diaryl/α,β-unsaturated/α-hetero) is 2. The van der Waals surface area contributed by atoms with Gasteiger partial charge in [-0.25, -0.2) is 0 Å². The minimum atomic E-state index is -1.35. The number of hydrogen-bond donors (Lipinski definition) is 1. The molecule has 0 aromatic rings. The minimum Gasteiger partial charge on any atom is -0.549 e. The second kappa shape index (κ2) is 39.2. The van der Waals surface area contributed by atoms with Crippen LogP contribution in [0.2, 0.25) is 0 Å². The minimum absolute atomic E-state index is 0. The number of unbranched alkanes of at least 4 members (excludes halogenated alkanes) is 2. The Labute approximate surface area is 391 Å². The summed E-state index contributed by atoms with van der Waals surface area (Å²) in [5.74, 6) is -5.45. The van der Waals surface area contributed by atoms with E-state index < -0.39 is 49.6 Å². The molecule has 1 amide bonds. The topological polar surface area (TPSA) is 271 Å². The van der Waals surface area contributed by atoms with Gasteiger partial charge in [0.25, 0.3) is 0 Å². The summed E-state index contributed by atoms with van der Waals surface area (Å²) >= 11 is 0. The number of ketones is 2. The van der Waals surface area contributed by atoms with E-state index in [9.17, 15) is 54.0 Å². The van der Waals surface area contributed by atoms with Gasteiger partial charge in [0.05, 0.1) is 64.1 Å². The molecule has 1 aliphatic rings. The zero-order valence-corrected chi connectivity index (χ0v) is 40.5. The van der Waals surface area contributed by atoms with Crippen LogP contribution in [0.5, 0.6) is 0 Å². The standard InChI is InChI=1S/C42H75N5O16.Ga/c1-3-59-25-26-62-24-8-13-47(35(2)48)31-37(50)10-5-7-23-61-28-30-63-29-27-60-22-6-4-9-36(49)11-12-38(42(57)58)46-20-18-44(33-40(53)54)16-14-43(32-39(51)52)15-17-45(19-21-46)34-41(55)56;/h38H,3-34H2,1-2H3,(H,51,52)(H,53,54)(H,55,56)(H,57,58);/q;+3/p-3. The molecule has 1 heterocycles. The maximum atomic E-state index is 12.8. The molecule has 0 radical (unpaired) electrons. The molecule has 0 aliphatic carbocycles. The average molecular weight is 973 g/mol. The Kier molecular flexibility index (Phi) is 37.3. The smallest absolute Gasteiger partial charge is 0.549 e. The van der Waals surface area contributed by atoms with Crippen LogP contribution in [-0.2, 0) is 57.2 Å². The number of hydrogen-bond acceptors (Lipinski definition) is 19. The molecule has 1 aliphatic heterocycles. The van der Waals surface area contributed by atoms with Crippen molar-refractivity contribution >= 4 is 61.1 Å². The van der Waals surface area contributed by atoms with Gasteiger partial charge in [-0.3, -0.25) is 38.8 Å². The molecule has 1 fully saturated rings. The predicted molar refractivity (Wildman–Crippen MR) is 227 cm³/mol. The van der Waals surface area contributed by atoms with Crippen LogP contribution in [0.25, 0.3) is 0 Å². The average Bonchev–Trinajstić information content (AvgIpc) is 3.21. The molecular formula is C42H72GaN5O16. The Morgan fingerprint density at radius 2 is 0.938 bits per heavy atom. The van der Waals surface area contributed by atoms with Gasteiger partial charge in [0.1, 0.15) is 11.8 Å². The Morgan fingerprint density at radius 1 is 0.547 bits per heavy atom. The molecular weight excluding hydrogens is 900 g/mol. The van der Waals surface area contributed by atoms with Crippen LogP contribution in [-0.4, -0.2) is 248 Å². The number of carboxylic acid groups (broad SMARTS) is 4. The number of ether oxygens (including phenoxy) is 5. The van der Waals surface area contributed by atoms with E-state index in [1.165, 1.54) is 21.6 Å². The SMILES string of the molecule is CCOCCOCCCN(CC(=O)CCCCOCCOCCOCCCCC(=O)CCC(C(=O)O)N1CCN(CC(=O)[O-])CCN(CC(=O)[O-])CCN(CC(=O)[O-])CC1)C(C)=O.[Ga+3]. The Morgan fingerprint density at radius 3 is 1.34 bits per heavy atom. The third kappa shape index (κ3) is 33.4. The molecule has 0 bridgehead atoms. The first-order chi connectivity index (χ1) is 30.2. The van der Waals surface area contributed by atoms with E-state index in [0.29, 0.717) is 111 Å². The van der Waals surface area contributed by atoms with Gasteiger partial charge < -0.3 is 63.4 Å². The van der Waals surface area contributed by atoms with Crippen molar-refractivity contribution in [2.24, 2.45) is 0 Å². The molecule has 0 saturated carbocycles. The number of amides is 1. The molecule has 1 unspecified atom stereocenters. The number of aliphatic carboxylic acids is 4. The normalized spacial score (nSPS) is 15.3. The van der Waals surface area contributed by atoms with Crippen molar-refractivity contribution in [2.45, 2.75) is 77.7 Å². The second-order valence-corrected chi connectivity index (χ2v) is 15.3. The summed E-state index contributed by atoms with van der Waals surface area (Å²) in [5, 5.41) is 44.4. The summed E-state index contributed by atoms with van der Waals surface area (Å²) in [5.41, 5.74) is 0. The predicted octanol–water partition coefficient (Wildman–Crippen LogP) is -3.87. The van der Waals surface area contributed by atoms with Gasteiger partial charge in [0, 0.05) is 131 Å². The molecule has 0 aromatic heterocycles. The molecule has 1 atom stereocenters. The van der Waals surface area contributed by atoms with Crippen molar-refractivity contribution in [3.8, 4) is 0 Å². The third-order valence-electron chi connectivity index (χ3n) is 10.2. The van der Waals surface area contributed by atoms with Crippen LogP contribution < -0.4 is 15.3 Å². The Balaban J connectivity index is 0.0000397. The van der Waals surface area contributed by atoms with Crippen LogP contribution in [0.15, 0.2) is 0 Å². The van der Waals surface area contributed by atoms with Crippen LogP contribution in [0.4, 0.5) is 0 Å². The maximum Gasteiger partial charge on any atom is 3.00 e. The van der Waals surface area contributed by atoms with E-state index in [0.717, 1.165) is 0 Å². The molecule has 0 aromatic carbocycles. The number of rotatable bonds is 37. The van der Waals surface area contributed by atoms with Crippen LogP contribution in [0.3, 0.4) is 0 Å². The Hall–Kier alpha value is -3.03. The largest absolute Gasteiger partial charge is 3.00 e. The van der Waals surface area contributed by atoms with Crippen molar-refractivity contribution in [1.29, 1.82) is 0 Å². The molecule has 1 N–H and O–H groups in total. The van der Waals surface area contributed by atoms with Crippen LogP contribution in [0, 0.1) is 0 Å². The fourth-order valence-electron chi connectivity index (χ4n) is 6.73. The van der Waals surface area contributed by atoms with E-state index in [2.05, 4.69) is 0 Å². The van der Waals surface area contributed by atoms with Crippen molar-refractivity contribution in [1.82, 2.24) is 24.5 Å². The van der Waals surface area contributed by atoms with Crippen molar-refractivity contribution in [3.63, 3.8) is 0 Å². The fraction of sp³-hybridized carbons (Fsp3) is 0.833. The summed E-state index contributed by atoms with van der Waals surface area (Å²) in [7, 11) is 0. The monoisotopic (exact) mass is 971 g/mol. The van der Waals surface area contributed by atoms with E-state index in [-0.39, 0.29) is 115 Å². The maximum absolute atomic E-state index is 12.8. The molecule has 1 saturated heterocycles. The zero-order valence-electron chi connectivity index (χ0n) is 38.1. The first-order valence-electron chi connectivity index (χ1n) is 22.1. The summed E-state index contributed by atoms with van der Waals surface area (Å²) in [6.07, 6.45) is 3.79. The van der Waals surface area contributed by atoms with Gasteiger partial charge in [0.2, 0.25) is 5.91 Å². The van der Waals surface area contributed by atoms with E-state index in [4.69, 9.17) is 23.7 Å². The molecule has 22 heteroatoms. The molecule has 0 spiro atoms. The molecule has 364 valence electrons. The zero-order chi connectivity index (χ0) is 46.7. The van der Waals surface area contributed by atoms with Gasteiger partial charge in [-0.05, 0) is 45.4 Å². The molecule has 64 heavy (non-hydrogen) atoms. The third-order valence-corrected chi connectivity index (χ3v) is 10.2. The van der Waals surface area contributed by atoms with Gasteiger partial charge in [-0.2, -0.15) is 0 Å². The van der Waals surface area contributed by atoms with Crippen molar-refractivity contribution < 1.29 is 77.7 Å². The van der Waals surface area contributed by atoms with Gasteiger partial charge in [-0.1, -0.05) is 0 Å². The van der Waals surface area contributed by atoms with Gasteiger partial charge in [0.15, 0.2) is 5.78 Å². The first kappa shape index (κ1) is 61.0. The first-order valence-corrected chi connectivity index (χ1v) is 22.1. The summed E-state index contributed by atoms with van der Waals surface area (Å²) in [6.45, 7) is 8.10. The molecule has 21 nitrogen and oxygen atoms in total. The quantitative estimate of drug-likeness (QED) is 0.0461. The van der Waals surface area contributed by atoms with Crippen molar-refractivity contribution in [2.75, 3.05) is 151 Å². The Bertz CT molecular complexity index is 1300. The number of carbonyl (C=O) groups is 7. The number of carboxylic acids is 4. The van der Waals surface area contributed by atoms with Crippen LogP contribution >= 0.6 is 0 Å². The number of nitrogens with zero attached hydrogens (tertiary/aromatic N) is 5. The molecule has 1 rings (SSSR count). The van der Waals surface area contributed by atoms with Gasteiger partial charge >= 0.3 is 25.8 Å². The second-order valence-electron chi connectivity index (χ2n) is 15.3. The summed E-state index contributed by atoms with van der Waals surface area (Å²) in [6, 6.07) is -1.10. The van der Waals surface area contributed by atoms with Crippen LogP contribution in [0.1, 0.15) is 71.6 Å². The van der Waals surface area contributed by atoms with Crippen molar-refractivity contribution in [3.05, 3.63) is 0 Å². The summed E-state index contributed by atoms with van der Waals surface area (Å²) < 4.78 is 27.4. The van der Waals surface area contributed by atoms with E-state index in [1.54, 1.807) is 9.80 Å². The van der Waals surface area contributed by atoms with E-state index in [1.807, 2.05) is 6.92 Å². The number of carbonyl (C=O) groups excluding carboxylic acids is 6.